The molecule has 0 fully saturated rings. The first kappa shape index (κ1) is 19.2. The van der Waals surface area contributed by atoms with Gasteiger partial charge in [-0.3, -0.25) is 14.6 Å². The van der Waals surface area contributed by atoms with Gasteiger partial charge >= 0.3 is 11.6 Å². The van der Waals surface area contributed by atoms with Crippen molar-refractivity contribution in [1.29, 1.82) is 0 Å². The van der Waals surface area contributed by atoms with Gasteiger partial charge in [0, 0.05) is 30.1 Å². The summed E-state index contributed by atoms with van der Waals surface area (Å²) in [4.78, 5) is 39.8. The lowest BCUT2D eigenvalue weighted by Gasteiger charge is -2.10. The first-order valence-electron chi connectivity index (χ1n) is 8.08. The van der Waals surface area contributed by atoms with Gasteiger partial charge in [0.15, 0.2) is 5.58 Å². The zero-order valence-corrected chi connectivity index (χ0v) is 14.8. The molecule has 3 aromatic rings. The van der Waals surface area contributed by atoms with Crippen molar-refractivity contribution in [3.8, 4) is 0 Å². The minimum Gasteiger partial charge on any atom is -0.461 e. The number of esters is 1. The first-order chi connectivity index (χ1) is 13.3. The molecule has 0 aliphatic heterocycles. The number of aromatic nitrogens is 1. The van der Waals surface area contributed by atoms with Crippen molar-refractivity contribution in [2.24, 2.45) is 0 Å². The van der Waals surface area contributed by atoms with Crippen LogP contribution in [0.4, 0.5) is 14.5 Å². The van der Waals surface area contributed by atoms with Crippen molar-refractivity contribution >= 4 is 28.5 Å². The zero-order chi connectivity index (χ0) is 20.4. The molecule has 0 radical (unpaired) electrons. The summed E-state index contributed by atoms with van der Waals surface area (Å²) in [6.45, 7) is 2.69. The second-order valence-corrected chi connectivity index (χ2v) is 5.92. The molecule has 0 aliphatic carbocycles. The number of aryl methyl sites for hydroxylation is 1. The Morgan fingerprint density at radius 2 is 2.00 bits per heavy atom. The maximum absolute atomic E-state index is 13.8. The van der Waals surface area contributed by atoms with Crippen LogP contribution < -0.4 is 10.9 Å². The van der Waals surface area contributed by atoms with Crippen LogP contribution in [0.1, 0.15) is 28.5 Å². The minimum atomic E-state index is -0.979. The van der Waals surface area contributed by atoms with Crippen molar-refractivity contribution in [3.05, 3.63) is 69.3 Å². The van der Waals surface area contributed by atoms with Gasteiger partial charge in [-0.25, -0.2) is 13.6 Å². The summed E-state index contributed by atoms with van der Waals surface area (Å²) in [5.74, 6) is -3.12. The molecule has 7 nitrogen and oxygen atoms in total. The maximum Gasteiger partial charge on any atom is 0.349 e. The van der Waals surface area contributed by atoms with Gasteiger partial charge in [0.05, 0.1) is 11.4 Å². The van der Waals surface area contributed by atoms with E-state index in [9.17, 15) is 23.2 Å². The predicted octanol–water partition coefficient (Wildman–Crippen LogP) is 3.09. The van der Waals surface area contributed by atoms with Gasteiger partial charge in [-0.15, -0.1) is 0 Å². The Labute approximate surface area is 156 Å². The molecule has 0 unspecified atom stereocenters. The predicted molar refractivity (Wildman–Crippen MR) is 94.8 cm³/mol. The lowest BCUT2D eigenvalue weighted by molar-refractivity contribution is -0.142. The Morgan fingerprint density at radius 1 is 1.25 bits per heavy atom. The van der Waals surface area contributed by atoms with Crippen LogP contribution in [0.2, 0.25) is 0 Å². The van der Waals surface area contributed by atoms with E-state index in [1.165, 1.54) is 19.2 Å². The molecule has 0 saturated carbocycles. The van der Waals surface area contributed by atoms with E-state index in [0.717, 1.165) is 18.2 Å². The molecular formula is C19H14F2N2O5. The third-order valence-corrected chi connectivity index (χ3v) is 3.89. The fourth-order valence-corrected chi connectivity index (χ4v) is 2.52. The third kappa shape index (κ3) is 3.88. The summed E-state index contributed by atoms with van der Waals surface area (Å²) in [5.41, 5.74) is -0.895. The number of fused-ring (bicyclic) bond motifs is 1. The normalized spacial score (nSPS) is 10.7. The fraction of sp³-hybridized carbons (Fsp3) is 0.158. The number of carbonyl (C=O) groups excluding carboxylic acids is 2. The van der Waals surface area contributed by atoms with Crippen LogP contribution in [0.25, 0.3) is 11.0 Å². The molecule has 1 N–H and O–H groups in total. The summed E-state index contributed by atoms with van der Waals surface area (Å²) < 4.78 is 37.2. The topological polar surface area (TPSA) is 98.5 Å². The molecule has 0 aliphatic rings. The van der Waals surface area contributed by atoms with Crippen molar-refractivity contribution in [1.82, 2.24) is 4.98 Å². The average Bonchev–Trinajstić information content (AvgIpc) is 2.64. The van der Waals surface area contributed by atoms with E-state index in [4.69, 9.17) is 9.15 Å². The van der Waals surface area contributed by atoms with Gasteiger partial charge in [0.1, 0.15) is 23.8 Å². The number of nitrogens with zero attached hydrogens (tertiary/aromatic N) is 1. The van der Waals surface area contributed by atoms with Gasteiger partial charge in [0.25, 0.3) is 5.91 Å². The SMILES string of the molecule is CC(=O)OCc1cnc(C)c2oc(=O)c(C(=O)Nc3cc(F)ccc3F)cc12. The van der Waals surface area contributed by atoms with Crippen LogP contribution in [0.15, 0.2) is 39.7 Å². The molecule has 1 amide bonds. The van der Waals surface area contributed by atoms with Crippen molar-refractivity contribution in [3.63, 3.8) is 0 Å². The quantitative estimate of drug-likeness (QED) is 0.690. The average molecular weight is 388 g/mol. The number of carbonyl (C=O) groups is 2. The number of nitrogens with one attached hydrogen (secondary N) is 1. The van der Waals surface area contributed by atoms with E-state index in [-0.39, 0.29) is 12.2 Å². The second kappa shape index (κ2) is 7.55. The molecule has 0 spiro atoms. The summed E-state index contributed by atoms with van der Waals surface area (Å²) in [6.07, 6.45) is 1.43. The van der Waals surface area contributed by atoms with Gasteiger partial charge in [-0.2, -0.15) is 0 Å². The highest BCUT2D eigenvalue weighted by Gasteiger charge is 2.19. The Hall–Kier alpha value is -3.62. The monoisotopic (exact) mass is 388 g/mol. The number of benzene rings is 1. The van der Waals surface area contributed by atoms with Crippen LogP contribution in [-0.4, -0.2) is 16.9 Å². The van der Waals surface area contributed by atoms with Crippen molar-refractivity contribution < 1.29 is 27.5 Å². The molecule has 0 bridgehead atoms. The number of rotatable bonds is 4. The number of halogens is 2. The van der Waals surface area contributed by atoms with Crippen molar-refractivity contribution in [2.75, 3.05) is 5.32 Å². The second-order valence-electron chi connectivity index (χ2n) is 5.92. The summed E-state index contributed by atoms with van der Waals surface area (Å²) >= 11 is 0. The highest BCUT2D eigenvalue weighted by atomic mass is 19.1. The van der Waals surface area contributed by atoms with Crippen LogP contribution in [0, 0.1) is 18.6 Å². The lowest BCUT2D eigenvalue weighted by Crippen LogP contribution is -2.21. The number of pyridine rings is 1. The van der Waals surface area contributed by atoms with Gasteiger partial charge < -0.3 is 14.5 Å². The van der Waals surface area contributed by atoms with Crippen molar-refractivity contribution in [2.45, 2.75) is 20.5 Å². The molecule has 1 aromatic carbocycles. The van der Waals surface area contributed by atoms with E-state index in [1.807, 2.05) is 0 Å². The Balaban J connectivity index is 2.05. The standard InChI is InChI=1S/C19H14F2N2O5/c1-9-17-13(11(7-22-9)8-27-10(2)24)6-14(19(26)28-17)18(25)23-16-5-12(20)3-4-15(16)21/h3-7H,8H2,1-2H3,(H,23,25). The maximum atomic E-state index is 13.8. The largest absolute Gasteiger partial charge is 0.461 e. The number of ether oxygens (including phenoxy) is 1. The first-order valence-corrected chi connectivity index (χ1v) is 8.08. The van der Waals surface area contributed by atoms with E-state index in [1.54, 1.807) is 6.92 Å². The minimum absolute atomic E-state index is 0.128. The van der Waals surface area contributed by atoms with Gasteiger partial charge in [-0.05, 0) is 25.1 Å². The third-order valence-electron chi connectivity index (χ3n) is 3.89. The van der Waals surface area contributed by atoms with Gasteiger partial charge in [0.2, 0.25) is 0 Å². The number of anilines is 1. The fourth-order valence-electron chi connectivity index (χ4n) is 2.52. The Morgan fingerprint density at radius 3 is 2.71 bits per heavy atom. The number of hydrogen-bond acceptors (Lipinski definition) is 6. The van der Waals surface area contributed by atoms with E-state index in [2.05, 4.69) is 10.3 Å². The zero-order valence-electron chi connectivity index (χ0n) is 14.8. The molecule has 2 aromatic heterocycles. The summed E-state index contributed by atoms with van der Waals surface area (Å²) in [6, 6.07) is 3.77. The van der Waals surface area contributed by atoms with E-state index in [0.29, 0.717) is 16.6 Å². The van der Waals surface area contributed by atoms with Crippen LogP contribution in [0.3, 0.4) is 0 Å². The number of amides is 1. The molecule has 9 heteroatoms. The molecule has 3 rings (SSSR count). The smallest absolute Gasteiger partial charge is 0.349 e. The molecule has 28 heavy (non-hydrogen) atoms. The van der Waals surface area contributed by atoms with E-state index < -0.39 is 40.4 Å². The van der Waals surface area contributed by atoms with Crippen LogP contribution in [0.5, 0.6) is 0 Å². The van der Waals surface area contributed by atoms with E-state index >= 15 is 0 Å². The molecule has 0 atom stereocenters. The molecule has 2 heterocycles. The molecular weight excluding hydrogens is 374 g/mol. The number of hydrogen-bond donors (Lipinski definition) is 1. The molecule has 144 valence electrons. The Bertz CT molecular complexity index is 1160. The van der Waals surface area contributed by atoms with Crippen LogP contribution >= 0.6 is 0 Å². The Kier molecular flexibility index (Phi) is 5.16. The highest BCUT2D eigenvalue weighted by molar-refractivity contribution is 6.05. The summed E-state index contributed by atoms with van der Waals surface area (Å²) in [5, 5.41) is 2.47. The lowest BCUT2D eigenvalue weighted by atomic mass is 10.1. The van der Waals surface area contributed by atoms with Crippen LogP contribution in [-0.2, 0) is 16.1 Å². The van der Waals surface area contributed by atoms with Gasteiger partial charge in [-0.1, -0.05) is 0 Å². The molecule has 0 saturated heterocycles. The highest BCUT2D eigenvalue weighted by Crippen LogP contribution is 2.22. The summed E-state index contributed by atoms with van der Waals surface area (Å²) in [7, 11) is 0.